The van der Waals surface area contributed by atoms with E-state index in [9.17, 15) is 9.59 Å². The van der Waals surface area contributed by atoms with Crippen molar-refractivity contribution in [1.82, 2.24) is 0 Å². The van der Waals surface area contributed by atoms with Gasteiger partial charge in [-0.25, -0.2) is 0 Å². The van der Waals surface area contributed by atoms with Crippen LogP contribution in [0.15, 0.2) is 0 Å². The van der Waals surface area contributed by atoms with Gasteiger partial charge >= 0.3 is 5.97 Å². The van der Waals surface area contributed by atoms with Gasteiger partial charge in [0.05, 0.1) is 7.11 Å². The largest absolute Gasteiger partial charge is 0.468 e. The number of hydrogen-bond donors (Lipinski definition) is 0. The van der Waals surface area contributed by atoms with Crippen LogP contribution in [0.5, 0.6) is 0 Å². The van der Waals surface area contributed by atoms with Gasteiger partial charge in [0.15, 0.2) is 5.78 Å². The van der Waals surface area contributed by atoms with E-state index in [1.807, 2.05) is 20.8 Å². The molecule has 1 unspecified atom stereocenters. The van der Waals surface area contributed by atoms with E-state index in [4.69, 9.17) is 9.47 Å². The summed E-state index contributed by atoms with van der Waals surface area (Å²) in [4.78, 5) is 24.9. The highest BCUT2D eigenvalue weighted by Gasteiger charge is 2.48. The monoisotopic (exact) mass is 284 g/mol. The quantitative estimate of drug-likeness (QED) is 0.556. The molecule has 0 saturated heterocycles. The molecule has 1 aliphatic carbocycles. The van der Waals surface area contributed by atoms with Crippen molar-refractivity contribution in [1.29, 1.82) is 0 Å². The van der Waals surface area contributed by atoms with Crippen molar-refractivity contribution in [2.24, 2.45) is 17.8 Å². The molecular formula is C16H28O4. The molecule has 1 fully saturated rings. The Morgan fingerprint density at radius 1 is 1.25 bits per heavy atom. The maximum atomic E-state index is 12.9. The number of Topliss-reactive ketones (excluding diaryl/α,β-unsaturated/α-hetero) is 1. The molecule has 0 N–H and O–H groups in total. The summed E-state index contributed by atoms with van der Waals surface area (Å²) in [5.41, 5.74) is -0.787. The fourth-order valence-electron chi connectivity index (χ4n) is 3.06. The Balaban J connectivity index is 3.00. The maximum Gasteiger partial charge on any atom is 0.316 e. The van der Waals surface area contributed by atoms with Crippen molar-refractivity contribution in [3.63, 3.8) is 0 Å². The van der Waals surface area contributed by atoms with Crippen LogP contribution >= 0.6 is 0 Å². The lowest BCUT2D eigenvalue weighted by Gasteiger charge is -2.40. The lowest BCUT2D eigenvalue weighted by atomic mass is 9.72. The Hall–Kier alpha value is -0.900. The Morgan fingerprint density at radius 3 is 2.20 bits per heavy atom. The zero-order valence-electron chi connectivity index (χ0n) is 13.4. The fraction of sp³-hybridized carbons (Fsp3) is 0.875. The minimum absolute atomic E-state index is 0.0772. The van der Waals surface area contributed by atoms with Crippen molar-refractivity contribution in [3.05, 3.63) is 0 Å². The highest BCUT2D eigenvalue weighted by atomic mass is 16.5. The normalized spacial score (nSPS) is 28.2. The second-order valence-corrected chi connectivity index (χ2v) is 6.22. The predicted octanol–water partition coefficient (Wildman–Crippen LogP) is 2.99. The smallest absolute Gasteiger partial charge is 0.316 e. The fourth-order valence-corrected chi connectivity index (χ4v) is 3.06. The summed E-state index contributed by atoms with van der Waals surface area (Å²) in [7, 11) is 1.33. The molecule has 20 heavy (non-hydrogen) atoms. The molecular weight excluding hydrogens is 256 g/mol. The van der Waals surface area contributed by atoms with Crippen LogP contribution < -0.4 is 0 Å². The van der Waals surface area contributed by atoms with Crippen molar-refractivity contribution in [2.45, 2.75) is 59.0 Å². The van der Waals surface area contributed by atoms with Gasteiger partial charge in [0.25, 0.3) is 0 Å². The molecule has 0 aromatic rings. The molecule has 4 heteroatoms. The first-order valence-electron chi connectivity index (χ1n) is 7.64. The maximum absolute atomic E-state index is 12.9. The van der Waals surface area contributed by atoms with Crippen LogP contribution in [0.2, 0.25) is 0 Å². The van der Waals surface area contributed by atoms with E-state index >= 15 is 0 Å². The molecule has 0 radical (unpaired) electrons. The number of ether oxygens (including phenoxy) is 2. The van der Waals surface area contributed by atoms with Crippen molar-refractivity contribution in [2.75, 3.05) is 13.7 Å². The third-order valence-corrected chi connectivity index (χ3v) is 4.36. The molecule has 116 valence electrons. The number of esters is 1. The number of rotatable bonds is 6. The van der Waals surface area contributed by atoms with E-state index in [1.54, 1.807) is 0 Å². The van der Waals surface area contributed by atoms with Gasteiger partial charge in [-0.1, -0.05) is 20.8 Å². The molecule has 1 aliphatic rings. The van der Waals surface area contributed by atoms with E-state index < -0.39 is 17.5 Å². The summed E-state index contributed by atoms with van der Waals surface area (Å²) in [5.74, 6) is -0.714. The molecule has 0 aliphatic heterocycles. The van der Waals surface area contributed by atoms with Gasteiger partial charge < -0.3 is 9.47 Å². The molecule has 0 aromatic heterocycles. The van der Waals surface area contributed by atoms with E-state index in [0.29, 0.717) is 25.4 Å². The number of hydrogen-bond acceptors (Lipinski definition) is 4. The SMILES string of the molecule is CCOC1(C(=O)C(C(=O)OC)C(C)C)CCC(C)CC1. The molecule has 1 saturated carbocycles. The van der Waals surface area contributed by atoms with Gasteiger partial charge in [0.2, 0.25) is 0 Å². The highest BCUT2D eigenvalue weighted by Crippen LogP contribution is 2.38. The van der Waals surface area contributed by atoms with Gasteiger partial charge in [0.1, 0.15) is 11.5 Å². The van der Waals surface area contributed by atoms with Crippen molar-refractivity contribution < 1.29 is 19.1 Å². The lowest BCUT2D eigenvalue weighted by Crippen LogP contribution is -2.50. The van der Waals surface area contributed by atoms with Crippen LogP contribution in [0.1, 0.15) is 53.4 Å². The van der Waals surface area contributed by atoms with Crippen LogP contribution in [-0.2, 0) is 19.1 Å². The second-order valence-electron chi connectivity index (χ2n) is 6.22. The van der Waals surface area contributed by atoms with Gasteiger partial charge in [-0.15, -0.1) is 0 Å². The summed E-state index contributed by atoms with van der Waals surface area (Å²) in [6.07, 6.45) is 3.36. The third kappa shape index (κ3) is 3.60. The van der Waals surface area contributed by atoms with Gasteiger partial charge in [-0.05, 0) is 44.4 Å². The van der Waals surface area contributed by atoms with Crippen LogP contribution in [0.4, 0.5) is 0 Å². The number of ketones is 1. The van der Waals surface area contributed by atoms with E-state index in [0.717, 1.165) is 12.8 Å². The minimum atomic E-state index is -0.787. The Kier molecular flexibility index (Phi) is 6.18. The summed E-state index contributed by atoms with van der Waals surface area (Å²) in [5, 5.41) is 0. The lowest BCUT2D eigenvalue weighted by molar-refractivity contribution is -0.165. The van der Waals surface area contributed by atoms with E-state index in [2.05, 4.69) is 6.92 Å². The molecule has 0 heterocycles. The summed E-state index contributed by atoms with van der Waals surface area (Å²) >= 11 is 0. The van der Waals surface area contributed by atoms with Gasteiger partial charge in [-0.2, -0.15) is 0 Å². The Bertz CT molecular complexity index is 340. The number of methoxy groups -OCH3 is 1. The predicted molar refractivity (Wildman–Crippen MR) is 77.3 cm³/mol. The van der Waals surface area contributed by atoms with Crippen LogP contribution in [0.3, 0.4) is 0 Å². The van der Waals surface area contributed by atoms with Crippen LogP contribution in [-0.4, -0.2) is 31.1 Å². The third-order valence-electron chi connectivity index (χ3n) is 4.36. The average Bonchev–Trinajstić information content (AvgIpc) is 2.41. The van der Waals surface area contributed by atoms with Gasteiger partial charge in [0, 0.05) is 6.61 Å². The second kappa shape index (κ2) is 7.21. The van der Waals surface area contributed by atoms with Gasteiger partial charge in [-0.3, -0.25) is 9.59 Å². The van der Waals surface area contributed by atoms with E-state index in [-0.39, 0.29) is 11.7 Å². The molecule has 1 rings (SSSR count). The molecule has 0 aromatic carbocycles. The average molecular weight is 284 g/mol. The highest BCUT2D eigenvalue weighted by molar-refractivity contribution is 6.03. The van der Waals surface area contributed by atoms with Crippen LogP contribution in [0, 0.1) is 17.8 Å². The Labute approximate surface area is 122 Å². The molecule has 0 amide bonds. The first-order valence-corrected chi connectivity index (χ1v) is 7.64. The summed E-state index contributed by atoms with van der Waals surface area (Å²) in [6, 6.07) is 0. The number of carbonyl (C=O) groups is 2. The van der Waals surface area contributed by atoms with E-state index in [1.165, 1.54) is 7.11 Å². The first kappa shape index (κ1) is 17.2. The zero-order chi connectivity index (χ0) is 15.3. The first-order chi connectivity index (χ1) is 9.38. The Morgan fingerprint density at radius 2 is 1.80 bits per heavy atom. The topological polar surface area (TPSA) is 52.6 Å². The van der Waals surface area contributed by atoms with Crippen LogP contribution in [0.25, 0.3) is 0 Å². The molecule has 4 nitrogen and oxygen atoms in total. The number of carbonyl (C=O) groups excluding carboxylic acids is 2. The molecule has 0 spiro atoms. The minimum Gasteiger partial charge on any atom is -0.468 e. The standard InChI is InChI=1S/C16H28O4/c1-6-20-16(9-7-12(4)8-10-16)14(17)13(11(2)3)15(18)19-5/h11-13H,6-10H2,1-5H3. The molecule has 0 bridgehead atoms. The zero-order valence-corrected chi connectivity index (χ0v) is 13.4. The summed E-state index contributed by atoms with van der Waals surface area (Å²) in [6.45, 7) is 8.34. The summed E-state index contributed by atoms with van der Waals surface area (Å²) < 4.78 is 10.7. The molecule has 1 atom stereocenters. The van der Waals surface area contributed by atoms with Crippen molar-refractivity contribution >= 4 is 11.8 Å². The van der Waals surface area contributed by atoms with Crippen molar-refractivity contribution in [3.8, 4) is 0 Å².